The predicted octanol–water partition coefficient (Wildman–Crippen LogP) is 4.34. The van der Waals surface area contributed by atoms with Crippen molar-refractivity contribution in [1.82, 2.24) is 5.32 Å². The van der Waals surface area contributed by atoms with Gasteiger partial charge in [0.15, 0.2) is 0 Å². The van der Waals surface area contributed by atoms with Crippen LogP contribution in [0.15, 0.2) is 42.5 Å². The standard InChI is InChI=1S/C20H18ClF3N2O2/c1-12-5-6-16(9-17(12)21)26-11-14(8-18(26)27)19(28)25-10-13-3-2-4-15(7-13)20(22,23)24/h2-7,9,14H,8,10-11H2,1H3,(H,25,28)/t14-/m0/s1. The normalized spacial score (nSPS) is 17.1. The molecule has 1 aliphatic rings. The molecule has 0 saturated carbocycles. The average molecular weight is 411 g/mol. The van der Waals surface area contributed by atoms with Crippen LogP contribution in [0.1, 0.15) is 23.1 Å². The van der Waals surface area contributed by atoms with Gasteiger partial charge in [0.05, 0.1) is 11.5 Å². The Hall–Kier alpha value is -2.54. The monoisotopic (exact) mass is 410 g/mol. The van der Waals surface area contributed by atoms with E-state index in [9.17, 15) is 22.8 Å². The van der Waals surface area contributed by atoms with Gasteiger partial charge in [-0.25, -0.2) is 0 Å². The van der Waals surface area contributed by atoms with Gasteiger partial charge in [-0.15, -0.1) is 0 Å². The van der Waals surface area contributed by atoms with E-state index in [1.165, 1.54) is 17.0 Å². The van der Waals surface area contributed by atoms with Crippen LogP contribution in [0.5, 0.6) is 0 Å². The summed E-state index contributed by atoms with van der Waals surface area (Å²) in [6.07, 6.45) is -4.40. The van der Waals surface area contributed by atoms with Crippen LogP contribution in [-0.2, 0) is 22.3 Å². The molecule has 0 spiro atoms. The van der Waals surface area contributed by atoms with Crippen LogP contribution in [-0.4, -0.2) is 18.4 Å². The lowest BCUT2D eigenvalue weighted by molar-refractivity contribution is -0.137. The van der Waals surface area contributed by atoms with Crippen molar-refractivity contribution in [2.45, 2.75) is 26.1 Å². The third kappa shape index (κ3) is 4.47. The van der Waals surface area contributed by atoms with Crippen LogP contribution >= 0.6 is 11.6 Å². The molecule has 2 amide bonds. The van der Waals surface area contributed by atoms with Gasteiger partial charge in [-0.2, -0.15) is 13.2 Å². The molecule has 2 aromatic carbocycles. The van der Waals surface area contributed by atoms with Gasteiger partial charge in [-0.1, -0.05) is 29.8 Å². The van der Waals surface area contributed by atoms with E-state index in [1.807, 2.05) is 6.92 Å². The van der Waals surface area contributed by atoms with Crippen LogP contribution in [0.2, 0.25) is 5.02 Å². The molecule has 28 heavy (non-hydrogen) atoms. The Bertz CT molecular complexity index is 915. The third-order valence-electron chi connectivity index (χ3n) is 4.68. The molecule has 2 aromatic rings. The molecule has 1 aliphatic heterocycles. The van der Waals surface area contributed by atoms with Gasteiger partial charge in [-0.3, -0.25) is 9.59 Å². The molecule has 0 radical (unpaired) electrons. The van der Waals surface area contributed by atoms with Crippen molar-refractivity contribution in [3.05, 3.63) is 64.2 Å². The zero-order chi connectivity index (χ0) is 20.5. The topological polar surface area (TPSA) is 49.4 Å². The zero-order valence-corrected chi connectivity index (χ0v) is 15.8. The molecule has 1 saturated heterocycles. The van der Waals surface area contributed by atoms with Gasteiger partial charge >= 0.3 is 6.18 Å². The number of amides is 2. The van der Waals surface area contributed by atoms with Crippen LogP contribution in [0.4, 0.5) is 18.9 Å². The summed E-state index contributed by atoms with van der Waals surface area (Å²) in [5.41, 5.74) is 1.08. The minimum absolute atomic E-state index is 0.0379. The van der Waals surface area contributed by atoms with Crippen molar-refractivity contribution in [2.24, 2.45) is 5.92 Å². The lowest BCUT2D eigenvalue weighted by atomic mass is 10.1. The minimum Gasteiger partial charge on any atom is -0.352 e. The Labute approximate surface area is 165 Å². The number of hydrogen-bond donors (Lipinski definition) is 1. The minimum atomic E-state index is -4.44. The fraction of sp³-hybridized carbons (Fsp3) is 0.300. The molecule has 4 nitrogen and oxygen atoms in total. The number of nitrogens with zero attached hydrogens (tertiary/aromatic N) is 1. The van der Waals surface area contributed by atoms with Crippen molar-refractivity contribution in [3.8, 4) is 0 Å². The van der Waals surface area contributed by atoms with Gasteiger partial charge in [0, 0.05) is 30.2 Å². The molecular formula is C20H18ClF3N2O2. The molecule has 0 unspecified atom stereocenters. The number of benzene rings is 2. The zero-order valence-electron chi connectivity index (χ0n) is 15.0. The maximum atomic E-state index is 12.8. The first-order valence-electron chi connectivity index (χ1n) is 8.65. The lowest BCUT2D eigenvalue weighted by Crippen LogP contribution is -2.32. The number of hydrogen-bond acceptors (Lipinski definition) is 2. The first-order valence-corrected chi connectivity index (χ1v) is 9.03. The van der Waals surface area contributed by atoms with Crippen molar-refractivity contribution in [3.63, 3.8) is 0 Å². The van der Waals surface area contributed by atoms with E-state index in [2.05, 4.69) is 5.32 Å². The molecule has 0 aromatic heterocycles. The number of alkyl halides is 3. The second-order valence-corrected chi connectivity index (χ2v) is 7.16. The summed E-state index contributed by atoms with van der Waals surface area (Å²) in [7, 11) is 0. The van der Waals surface area contributed by atoms with Crippen LogP contribution in [0.3, 0.4) is 0 Å². The number of nitrogens with one attached hydrogen (secondary N) is 1. The highest BCUT2D eigenvalue weighted by molar-refractivity contribution is 6.31. The molecule has 1 N–H and O–H groups in total. The maximum Gasteiger partial charge on any atom is 0.416 e. The second kappa shape index (κ2) is 7.83. The fourth-order valence-electron chi connectivity index (χ4n) is 3.07. The van der Waals surface area contributed by atoms with E-state index < -0.39 is 17.7 Å². The van der Waals surface area contributed by atoms with E-state index in [4.69, 9.17) is 11.6 Å². The highest BCUT2D eigenvalue weighted by Gasteiger charge is 2.35. The second-order valence-electron chi connectivity index (χ2n) is 6.75. The van der Waals surface area contributed by atoms with E-state index in [-0.39, 0.29) is 31.3 Å². The smallest absolute Gasteiger partial charge is 0.352 e. The molecule has 1 fully saturated rings. The van der Waals surface area contributed by atoms with Gasteiger partial charge in [0.25, 0.3) is 0 Å². The molecule has 0 aliphatic carbocycles. The van der Waals surface area contributed by atoms with Crippen molar-refractivity contribution < 1.29 is 22.8 Å². The quantitative estimate of drug-likeness (QED) is 0.815. The lowest BCUT2D eigenvalue weighted by Gasteiger charge is -2.17. The molecule has 1 heterocycles. The van der Waals surface area contributed by atoms with E-state index in [0.717, 1.165) is 17.7 Å². The van der Waals surface area contributed by atoms with Gasteiger partial charge < -0.3 is 10.2 Å². The first kappa shape index (κ1) is 20.2. The number of carbonyl (C=O) groups excluding carboxylic acids is 2. The summed E-state index contributed by atoms with van der Waals surface area (Å²) in [6.45, 7) is 2.01. The molecule has 1 atom stereocenters. The molecular weight excluding hydrogens is 393 g/mol. The molecule has 8 heteroatoms. The average Bonchev–Trinajstić information content (AvgIpc) is 3.03. The summed E-state index contributed by atoms with van der Waals surface area (Å²) in [4.78, 5) is 26.2. The Balaban J connectivity index is 1.63. The largest absolute Gasteiger partial charge is 0.416 e. The summed E-state index contributed by atoms with van der Waals surface area (Å²) in [6, 6.07) is 10.0. The number of carbonyl (C=O) groups is 2. The van der Waals surface area contributed by atoms with Gasteiger partial charge in [0.2, 0.25) is 11.8 Å². The Morgan fingerprint density at radius 1 is 1.25 bits per heavy atom. The van der Waals surface area contributed by atoms with Crippen molar-refractivity contribution in [1.29, 1.82) is 0 Å². The van der Waals surface area contributed by atoms with Crippen LogP contribution in [0.25, 0.3) is 0 Å². The summed E-state index contributed by atoms with van der Waals surface area (Å²) < 4.78 is 38.3. The Morgan fingerprint density at radius 2 is 2.00 bits per heavy atom. The van der Waals surface area contributed by atoms with E-state index in [1.54, 1.807) is 18.2 Å². The van der Waals surface area contributed by atoms with Gasteiger partial charge in [-0.05, 0) is 42.3 Å². The maximum absolute atomic E-state index is 12.8. The van der Waals surface area contributed by atoms with E-state index in [0.29, 0.717) is 16.3 Å². The van der Waals surface area contributed by atoms with Crippen LogP contribution < -0.4 is 10.2 Å². The summed E-state index contributed by atoms with van der Waals surface area (Å²) in [5, 5.41) is 3.15. The number of rotatable bonds is 4. The Morgan fingerprint density at radius 3 is 2.68 bits per heavy atom. The summed E-state index contributed by atoms with van der Waals surface area (Å²) >= 11 is 6.10. The number of halogens is 4. The number of aryl methyl sites for hydroxylation is 1. The predicted molar refractivity (Wildman–Crippen MR) is 99.9 cm³/mol. The number of anilines is 1. The SMILES string of the molecule is Cc1ccc(N2C[C@@H](C(=O)NCc3cccc(C(F)(F)F)c3)CC2=O)cc1Cl. The van der Waals surface area contributed by atoms with E-state index >= 15 is 0 Å². The van der Waals surface area contributed by atoms with Crippen LogP contribution in [0, 0.1) is 12.8 Å². The summed E-state index contributed by atoms with van der Waals surface area (Å²) in [5.74, 6) is -1.14. The van der Waals surface area contributed by atoms with Crippen molar-refractivity contribution in [2.75, 3.05) is 11.4 Å². The first-order chi connectivity index (χ1) is 13.1. The third-order valence-corrected chi connectivity index (χ3v) is 5.09. The van der Waals surface area contributed by atoms with Gasteiger partial charge in [0.1, 0.15) is 0 Å². The van der Waals surface area contributed by atoms with Crippen molar-refractivity contribution >= 4 is 29.1 Å². The Kier molecular flexibility index (Phi) is 5.65. The molecule has 148 valence electrons. The molecule has 0 bridgehead atoms. The highest BCUT2D eigenvalue weighted by atomic mass is 35.5. The fourth-order valence-corrected chi connectivity index (χ4v) is 3.25. The highest BCUT2D eigenvalue weighted by Crippen LogP contribution is 2.30. The molecule has 3 rings (SSSR count).